The first-order chi connectivity index (χ1) is 7.99. The van der Waals surface area contributed by atoms with E-state index >= 15 is 0 Å². The maximum Gasteiger partial charge on any atom is 0.237 e. The van der Waals surface area contributed by atoms with Crippen molar-refractivity contribution < 1.29 is 4.79 Å². The Bertz CT molecular complexity index is 438. The number of primary amides is 1. The normalized spacial score (nSPS) is 14.7. The van der Waals surface area contributed by atoms with Crippen LogP contribution in [0.3, 0.4) is 0 Å². The average Bonchev–Trinajstić information content (AvgIpc) is 2.73. The summed E-state index contributed by atoms with van der Waals surface area (Å²) in [6.45, 7) is 4.30. The van der Waals surface area contributed by atoms with Crippen LogP contribution < -0.4 is 11.1 Å². The third-order valence-corrected chi connectivity index (χ3v) is 3.51. The van der Waals surface area contributed by atoms with Gasteiger partial charge >= 0.3 is 0 Å². The molecule has 3 nitrogen and oxygen atoms in total. The fourth-order valence-electron chi connectivity index (χ4n) is 2.15. The summed E-state index contributed by atoms with van der Waals surface area (Å²) >= 11 is 0. The van der Waals surface area contributed by atoms with Crippen LogP contribution in [0.1, 0.15) is 37.0 Å². The molecule has 0 saturated carbocycles. The average molecular weight is 232 g/mol. The Morgan fingerprint density at radius 3 is 2.76 bits per heavy atom. The molecular formula is C14H20N2O. The van der Waals surface area contributed by atoms with E-state index in [1.807, 2.05) is 13.8 Å². The molecule has 0 unspecified atom stereocenters. The molecule has 0 saturated heterocycles. The summed E-state index contributed by atoms with van der Waals surface area (Å²) in [6, 6.07) is 6.58. The van der Waals surface area contributed by atoms with Gasteiger partial charge in [0.25, 0.3) is 0 Å². The molecule has 0 aromatic heterocycles. The van der Waals surface area contributed by atoms with Crippen molar-refractivity contribution in [2.24, 2.45) is 5.73 Å². The molecule has 0 atom stereocenters. The summed E-state index contributed by atoms with van der Waals surface area (Å²) in [6.07, 6.45) is 3.65. The molecule has 2 rings (SSSR count). The zero-order valence-electron chi connectivity index (χ0n) is 10.5. The van der Waals surface area contributed by atoms with Crippen molar-refractivity contribution in [3.8, 4) is 0 Å². The van der Waals surface area contributed by atoms with Gasteiger partial charge in [-0.15, -0.1) is 0 Å². The van der Waals surface area contributed by atoms with Gasteiger partial charge in [0.2, 0.25) is 5.91 Å². The van der Waals surface area contributed by atoms with E-state index < -0.39 is 5.54 Å². The number of hydrogen-bond donors (Lipinski definition) is 2. The van der Waals surface area contributed by atoms with Crippen LogP contribution in [0.5, 0.6) is 0 Å². The smallest absolute Gasteiger partial charge is 0.237 e. The first-order valence-electron chi connectivity index (χ1n) is 6.15. The summed E-state index contributed by atoms with van der Waals surface area (Å²) in [5.74, 6) is -0.321. The predicted octanol–water partition coefficient (Wildman–Crippen LogP) is 1.53. The highest BCUT2D eigenvalue weighted by Gasteiger charge is 2.23. The van der Waals surface area contributed by atoms with Crippen LogP contribution >= 0.6 is 0 Å². The number of nitrogens with two attached hydrogens (primary N) is 1. The molecule has 92 valence electrons. The molecule has 17 heavy (non-hydrogen) atoms. The minimum atomic E-state index is -0.654. The Kier molecular flexibility index (Phi) is 3.20. The summed E-state index contributed by atoms with van der Waals surface area (Å²) in [7, 11) is 0. The van der Waals surface area contributed by atoms with Gasteiger partial charge in [-0.2, -0.15) is 0 Å². The topological polar surface area (TPSA) is 55.1 Å². The van der Waals surface area contributed by atoms with Crippen molar-refractivity contribution in [1.29, 1.82) is 0 Å². The Labute approximate surface area is 102 Å². The van der Waals surface area contributed by atoms with Gasteiger partial charge in [-0.25, -0.2) is 0 Å². The lowest BCUT2D eigenvalue weighted by molar-refractivity contribution is -0.123. The number of amides is 1. The van der Waals surface area contributed by atoms with Crippen LogP contribution in [0, 0.1) is 0 Å². The number of hydrogen-bond acceptors (Lipinski definition) is 2. The zero-order valence-corrected chi connectivity index (χ0v) is 10.5. The molecule has 1 aromatic rings. The van der Waals surface area contributed by atoms with Crippen LogP contribution in [-0.2, 0) is 24.2 Å². The van der Waals surface area contributed by atoms with E-state index in [1.54, 1.807) is 0 Å². The Balaban J connectivity index is 2.03. The maximum atomic E-state index is 11.2. The number of aryl methyl sites for hydroxylation is 2. The van der Waals surface area contributed by atoms with Crippen LogP contribution in [0.15, 0.2) is 18.2 Å². The number of carbonyl (C=O) groups excluding carboxylic acids is 1. The fraction of sp³-hybridized carbons (Fsp3) is 0.500. The van der Waals surface area contributed by atoms with Gasteiger partial charge in [0, 0.05) is 6.54 Å². The summed E-state index contributed by atoms with van der Waals surface area (Å²) in [5.41, 5.74) is 8.83. The predicted molar refractivity (Wildman–Crippen MR) is 68.6 cm³/mol. The van der Waals surface area contributed by atoms with Gasteiger partial charge in [-0.1, -0.05) is 18.2 Å². The SMILES string of the molecule is CC(C)(NCc1ccc2c(c1)CCC2)C(N)=O. The number of nitrogens with one attached hydrogen (secondary N) is 1. The Hall–Kier alpha value is -1.35. The molecule has 0 radical (unpaired) electrons. The first kappa shape index (κ1) is 12.1. The van der Waals surface area contributed by atoms with Crippen molar-refractivity contribution >= 4 is 5.91 Å². The minimum Gasteiger partial charge on any atom is -0.368 e. The Morgan fingerprint density at radius 1 is 1.35 bits per heavy atom. The van der Waals surface area contributed by atoms with Crippen molar-refractivity contribution in [3.63, 3.8) is 0 Å². The number of rotatable bonds is 4. The summed E-state index contributed by atoms with van der Waals surface area (Å²) in [4.78, 5) is 11.2. The molecule has 3 heteroatoms. The molecule has 1 amide bonds. The van der Waals surface area contributed by atoms with Crippen LogP contribution in [-0.4, -0.2) is 11.4 Å². The standard InChI is InChI=1S/C14H20N2O/c1-14(2,13(15)17)16-9-10-6-7-11-4-3-5-12(11)8-10/h6-8,16H,3-5,9H2,1-2H3,(H2,15,17). The number of fused-ring (bicyclic) bond motifs is 1. The van der Waals surface area contributed by atoms with Crippen LogP contribution in [0.2, 0.25) is 0 Å². The van der Waals surface area contributed by atoms with Crippen LogP contribution in [0.25, 0.3) is 0 Å². The molecule has 1 aliphatic carbocycles. The second-order valence-corrected chi connectivity index (χ2v) is 5.30. The maximum absolute atomic E-state index is 11.2. The number of carbonyl (C=O) groups is 1. The van der Waals surface area contributed by atoms with Crippen LogP contribution in [0.4, 0.5) is 0 Å². The van der Waals surface area contributed by atoms with E-state index in [-0.39, 0.29) is 5.91 Å². The Morgan fingerprint density at radius 2 is 2.06 bits per heavy atom. The van der Waals surface area contributed by atoms with Gasteiger partial charge in [-0.05, 0) is 49.8 Å². The highest BCUT2D eigenvalue weighted by molar-refractivity contribution is 5.83. The summed E-state index contributed by atoms with van der Waals surface area (Å²) < 4.78 is 0. The molecule has 0 bridgehead atoms. The molecule has 1 aliphatic rings. The monoisotopic (exact) mass is 232 g/mol. The van der Waals surface area contributed by atoms with E-state index in [2.05, 4.69) is 23.5 Å². The van der Waals surface area contributed by atoms with E-state index in [4.69, 9.17) is 5.73 Å². The minimum absolute atomic E-state index is 0.321. The molecule has 0 fully saturated rings. The third kappa shape index (κ3) is 2.67. The quantitative estimate of drug-likeness (QED) is 0.827. The second-order valence-electron chi connectivity index (χ2n) is 5.30. The van der Waals surface area contributed by atoms with E-state index in [0.717, 1.165) is 0 Å². The van der Waals surface area contributed by atoms with E-state index in [0.29, 0.717) is 6.54 Å². The van der Waals surface area contributed by atoms with Gasteiger partial charge in [-0.3, -0.25) is 10.1 Å². The molecular weight excluding hydrogens is 212 g/mol. The number of benzene rings is 1. The largest absolute Gasteiger partial charge is 0.368 e. The van der Waals surface area contributed by atoms with Crippen molar-refractivity contribution in [2.75, 3.05) is 0 Å². The highest BCUT2D eigenvalue weighted by Crippen LogP contribution is 2.22. The molecule has 0 spiro atoms. The highest BCUT2D eigenvalue weighted by atomic mass is 16.1. The van der Waals surface area contributed by atoms with E-state index in [1.165, 1.54) is 36.0 Å². The van der Waals surface area contributed by atoms with Gasteiger partial charge in [0.05, 0.1) is 5.54 Å². The fourth-order valence-corrected chi connectivity index (χ4v) is 2.15. The van der Waals surface area contributed by atoms with E-state index in [9.17, 15) is 4.79 Å². The third-order valence-electron chi connectivity index (χ3n) is 3.51. The molecule has 0 aliphatic heterocycles. The zero-order chi connectivity index (χ0) is 12.5. The van der Waals surface area contributed by atoms with Gasteiger partial charge < -0.3 is 5.73 Å². The first-order valence-corrected chi connectivity index (χ1v) is 6.15. The molecule has 0 heterocycles. The van der Waals surface area contributed by atoms with Gasteiger partial charge in [0.1, 0.15) is 0 Å². The molecule has 3 N–H and O–H groups in total. The summed E-state index contributed by atoms with van der Waals surface area (Å²) in [5, 5.41) is 3.19. The molecule has 1 aromatic carbocycles. The van der Waals surface area contributed by atoms with Crippen molar-refractivity contribution in [3.05, 3.63) is 34.9 Å². The second kappa shape index (κ2) is 4.49. The van der Waals surface area contributed by atoms with Crippen molar-refractivity contribution in [1.82, 2.24) is 5.32 Å². The lowest BCUT2D eigenvalue weighted by Gasteiger charge is -2.22. The lowest BCUT2D eigenvalue weighted by atomic mass is 10.0. The van der Waals surface area contributed by atoms with Gasteiger partial charge in [0.15, 0.2) is 0 Å². The van der Waals surface area contributed by atoms with Crippen molar-refractivity contribution in [2.45, 2.75) is 45.2 Å². The lowest BCUT2D eigenvalue weighted by Crippen LogP contribution is -2.50.